The number of amides is 4. The van der Waals surface area contributed by atoms with Crippen molar-refractivity contribution in [2.75, 3.05) is 5.75 Å². The number of urea groups is 1. The molecular formula is C20H24N6O4S. The molecular weight excluding hydrogens is 420 g/mol. The Bertz CT molecular complexity index is 1020. The Kier molecular flexibility index (Phi) is 5.86. The summed E-state index contributed by atoms with van der Waals surface area (Å²) in [4.78, 5) is 37.6. The highest BCUT2D eigenvalue weighted by Crippen LogP contribution is 2.33. The summed E-state index contributed by atoms with van der Waals surface area (Å²) in [6.45, 7) is 6.05. The number of aromatic nitrogens is 3. The molecule has 4 rings (SSSR count). The van der Waals surface area contributed by atoms with Gasteiger partial charge in [0.15, 0.2) is 11.0 Å². The summed E-state index contributed by atoms with van der Waals surface area (Å²) in [5, 5.41) is 12.5. The molecule has 0 bridgehead atoms. The van der Waals surface area contributed by atoms with Crippen molar-refractivity contribution >= 4 is 29.6 Å². The van der Waals surface area contributed by atoms with Crippen LogP contribution < -0.4 is 10.7 Å². The van der Waals surface area contributed by atoms with E-state index < -0.39 is 17.5 Å². The Hall–Kier alpha value is -3.08. The maximum absolute atomic E-state index is 12.8. The first-order valence-corrected chi connectivity index (χ1v) is 11.1. The number of hydrazine groups is 1. The smallest absolute Gasteiger partial charge is 0.344 e. The van der Waals surface area contributed by atoms with Gasteiger partial charge in [-0.05, 0) is 25.8 Å². The zero-order valence-electron chi connectivity index (χ0n) is 17.2. The number of furan rings is 1. The SMILES string of the molecule is C=CCn1c(SCC(=O)NN2C(=O)NC3(CCCCC3)C2=O)nnc1-c1ccoc1C. The number of carbonyl (C=O) groups is 3. The number of nitrogens with zero attached hydrogens (tertiary/aromatic N) is 4. The third-order valence-corrected chi connectivity index (χ3v) is 6.53. The fourth-order valence-corrected chi connectivity index (χ4v) is 4.75. The molecule has 10 nitrogen and oxygen atoms in total. The Morgan fingerprint density at radius 2 is 2.13 bits per heavy atom. The molecule has 2 aromatic rings. The molecule has 2 aliphatic rings. The van der Waals surface area contributed by atoms with Gasteiger partial charge < -0.3 is 9.73 Å². The number of hydrogen-bond donors (Lipinski definition) is 2. The van der Waals surface area contributed by atoms with Crippen molar-refractivity contribution in [3.63, 3.8) is 0 Å². The van der Waals surface area contributed by atoms with Gasteiger partial charge in [-0.2, -0.15) is 5.01 Å². The van der Waals surface area contributed by atoms with E-state index in [2.05, 4.69) is 27.5 Å². The second-order valence-electron chi connectivity index (χ2n) is 7.63. The lowest BCUT2D eigenvalue weighted by atomic mass is 9.82. The molecule has 0 aromatic carbocycles. The van der Waals surface area contributed by atoms with Crippen LogP contribution in [0.25, 0.3) is 11.4 Å². The van der Waals surface area contributed by atoms with Gasteiger partial charge in [0.1, 0.15) is 11.3 Å². The standard InChI is InChI=1S/C20H24N6O4S/c1-3-10-25-16(14-7-11-30-13(14)2)22-23-19(25)31-12-15(27)24-26-17(28)20(21-18(26)29)8-5-4-6-9-20/h3,7,11H,1,4-6,8-10,12H2,2H3,(H,21,29)(H,24,27). The number of thioether (sulfide) groups is 1. The predicted octanol–water partition coefficient (Wildman–Crippen LogP) is 2.41. The Labute approximate surface area is 183 Å². The average Bonchev–Trinajstić information content (AvgIpc) is 3.41. The van der Waals surface area contributed by atoms with Gasteiger partial charge in [0.25, 0.3) is 5.91 Å². The van der Waals surface area contributed by atoms with Crippen LogP contribution >= 0.6 is 11.8 Å². The Morgan fingerprint density at radius 3 is 2.81 bits per heavy atom. The number of carbonyl (C=O) groups excluding carboxylic acids is 3. The zero-order chi connectivity index (χ0) is 22.0. The minimum absolute atomic E-state index is 0.0380. The molecule has 1 aliphatic carbocycles. The Morgan fingerprint density at radius 1 is 1.35 bits per heavy atom. The predicted molar refractivity (Wildman–Crippen MR) is 113 cm³/mol. The number of imide groups is 1. The highest BCUT2D eigenvalue weighted by atomic mass is 32.2. The topological polar surface area (TPSA) is 122 Å². The van der Waals surface area contributed by atoms with Crippen LogP contribution in [0, 0.1) is 6.92 Å². The van der Waals surface area contributed by atoms with Gasteiger partial charge in [0.2, 0.25) is 5.91 Å². The van der Waals surface area contributed by atoms with Crippen molar-refractivity contribution in [1.29, 1.82) is 0 Å². The van der Waals surface area contributed by atoms with E-state index in [4.69, 9.17) is 4.42 Å². The maximum atomic E-state index is 12.8. The highest BCUT2D eigenvalue weighted by molar-refractivity contribution is 7.99. The van der Waals surface area contributed by atoms with Crippen molar-refractivity contribution < 1.29 is 18.8 Å². The Balaban J connectivity index is 1.42. The first kappa shape index (κ1) is 21.2. The fourth-order valence-electron chi connectivity index (χ4n) is 4.01. The molecule has 3 heterocycles. The molecule has 31 heavy (non-hydrogen) atoms. The van der Waals surface area contributed by atoms with Crippen LogP contribution in [-0.2, 0) is 16.1 Å². The second kappa shape index (κ2) is 8.58. The van der Waals surface area contributed by atoms with Crippen LogP contribution in [0.15, 0.2) is 34.6 Å². The van der Waals surface area contributed by atoms with Crippen molar-refractivity contribution in [2.45, 2.75) is 56.3 Å². The lowest BCUT2D eigenvalue weighted by Crippen LogP contribution is -2.51. The van der Waals surface area contributed by atoms with Gasteiger partial charge in [-0.1, -0.05) is 37.1 Å². The quantitative estimate of drug-likeness (QED) is 0.382. The first-order valence-electron chi connectivity index (χ1n) is 10.1. The van der Waals surface area contributed by atoms with Crippen LogP contribution in [-0.4, -0.2) is 48.9 Å². The largest absolute Gasteiger partial charge is 0.469 e. The summed E-state index contributed by atoms with van der Waals surface area (Å²) >= 11 is 1.16. The van der Waals surface area contributed by atoms with Crippen LogP contribution in [0.5, 0.6) is 0 Å². The van der Waals surface area contributed by atoms with Gasteiger partial charge in [-0.25, -0.2) is 4.79 Å². The number of aryl methyl sites for hydroxylation is 1. The summed E-state index contributed by atoms with van der Waals surface area (Å²) in [5.41, 5.74) is 2.36. The molecule has 2 fully saturated rings. The van der Waals surface area contributed by atoms with E-state index in [1.54, 1.807) is 18.4 Å². The highest BCUT2D eigenvalue weighted by Gasteiger charge is 2.52. The number of hydrogen-bond acceptors (Lipinski definition) is 7. The fraction of sp³-hybridized carbons (Fsp3) is 0.450. The average molecular weight is 445 g/mol. The van der Waals surface area contributed by atoms with E-state index in [0.717, 1.165) is 41.6 Å². The summed E-state index contributed by atoms with van der Waals surface area (Å²) in [7, 11) is 0. The molecule has 4 amide bonds. The van der Waals surface area contributed by atoms with E-state index in [-0.39, 0.29) is 11.7 Å². The van der Waals surface area contributed by atoms with Gasteiger partial charge in [-0.3, -0.25) is 19.6 Å². The van der Waals surface area contributed by atoms with E-state index >= 15 is 0 Å². The number of allylic oxidation sites excluding steroid dienone is 1. The lowest BCUT2D eigenvalue weighted by Gasteiger charge is -2.30. The maximum Gasteiger partial charge on any atom is 0.344 e. The van der Waals surface area contributed by atoms with Gasteiger partial charge >= 0.3 is 6.03 Å². The van der Waals surface area contributed by atoms with Crippen LogP contribution in [0.4, 0.5) is 4.79 Å². The van der Waals surface area contributed by atoms with Crippen molar-refractivity contribution in [3.05, 3.63) is 30.7 Å². The van der Waals surface area contributed by atoms with E-state index in [0.29, 0.717) is 36.1 Å². The monoisotopic (exact) mass is 444 g/mol. The molecule has 11 heteroatoms. The zero-order valence-corrected chi connectivity index (χ0v) is 18.0. The minimum Gasteiger partial charge on any atom is -0.469 e. The second-order valence-corrected chi connectivity index (χ2v) is 8.58. The number of nitrogens with one attached hydrogen (secondary N) is 2. The third kappa shape index (κ3) is 3.97. The van der Waals surface area contributed by atoms with E-state index in [9.17, 15) is 14.4 Å². The molecule has 0 unspecified atom stereocenters. The third-order valence-electron chi connectivity index (χ3n) is 5.57. The number of rotatable bonds is 7. The van der Waals surface area contributed by atoms with Crippen LogP contribution in [0.2, 0.25) is 0 Å². The molecule has 164 valence electrons. The van der Waals surface area contributed by atoms with Crippen LogP contribution in [0.3, 0.4) is 0 Å². The lowest BCUT2D eigenvalue weighted by molar-refractivity contribution is -0.139. The molecule has 0 radical (unpaired) electrons. The first-order chi connectivity index (χ1) is 14.9. The van der Waals surface area contributed by atoms with E-state index in [1.807, 2.05) is 11.5 Å². The summed E-state index contributed by atoms with van der Waals surface area (Å²) in [5.74, 6) is 0.423. The van der Waals surface area contributed by atoms with Crippen molar-refractivity contribution in [1.82, 2.24) is 30.5 Å². The molecule has 1 aliphatic heterocycles. The van der Waals surface area contributed by atoms with E-state index in [1.165, 1.54) is 0 Å². The summed E-state index contributed by atoms with van der Waals surface area (Å²) in [6.07, 6.45) is 7.28. The molecule has 2 aromatic heterocycles. The van der Waals surface area contributed by atoms with Crippen molar-refractivity contribution in [3.8, 4) is 11.4 Å². The van der Waals surface area contributed by atoms with Crippen molar-refractivity contribution in [2.24, 2.45) is 0 Å². The molecule has 1 saturated carbocycles. The molecule has 0 atom stereocenters. The summed E-state index contributed by atoms with van der Waals surface area (Å²) in [6, 6.07) is 1.22. The van der Waals surface area contributed by atoms with Gasteiger partial charge in [0.05, 0.1) is 17.6 Å². The normalized spacial score (nSPS) is 17.8. The minimum atomic E-state index is -0.878. The van der Waals surface area contributed by atoms with Crippen LogP contribution in [0.1, 0.15) is 37.9 Å². The molecule has 1 spiro atoms. The van der Waals surface area contributed by atoms with Gasteiger partial charge in [-0.15, -0.1) is 16.8 Å². The summed E-state index contributed by atoms with van der Waals surface area (Å²) < 4.78 is 7.18. The van der Waals surface area contributed by atoms with Gasteiger partial charge in [0, 0.05) is 6.54 Å². The molecule has 1 saturated heterocycles. The molecule has 2 N–H and O–H groups in total.